The molecule has 0 unspecified atom stereocenters. The summed E-state index contributed by atoms with van der Waals surface area (Å²) in [6.45, 7) is -0.778. The van der Waals surface area contributed by atoms with Crippen molar-refractivity contribution < 1.29 is 39.8 Å². The molecule has 0 atom stereocenters. The molecule has 0 aliphatic heterocycles. The zero-order valence-electron chi connectivity index (χ0n) is 3.97. The van der Waals surface area contributed by atoms with Gasteiger partial charge < -0.3 is 35.0 Å². The van der Waals surface area contributed by atoms with E-state index in [0.717, 1.165) is 0 Å². The number of aliphatic hydroxyl groups excluding tert-OH is 1. The molecule has 6 heteroatoms. The average molecular weight is 171 g/mol. The third-order valence-corrected chi connectivity index (χ3v) is 0.135. The number of hydrogen-bond donors (Lipinski definition) is 2. The van der Waals surface area contributed by atoms with Crippen molar-refractivity contribution in [3.8, 4) is 0 Å². The Balaban J connectivity index is -0.0000000267. The van der Waals surface area contributed by atoms with Gasteiger partial charge in [-0.15, -0.1) is 0 Å². The Morgan fingerprint density at radius 3 is 1.50 bits per heavy atom. The Labute approximate surface area is 75.4 Å². The quantitative estimate of drug-likeness (QED) is 0.385. The minimum absolute atomic E-state index is 0. The van der Waals surface area contributed by atoms with Gasteiger partial charge in [0.05, 0.1) is 0 Å². The van der Waals surface area contributed by atoms with Crippen LogP contribution in [0.2, 0.25) is 0 Å². The average Bonchev–Trinajstić information content (AvgIpc) is 1.38. The van der Waals surface area contributed by atoms with E-state index in [9.17, 15) is 0 Å². The molecule has 0 aromatic rings. The van der Waals surface area contributed by atoms with Gasteiger partial charge in [0, 0.05) is 0 Å². The van der Waals surface area contributed by atoms with Gasteiger partial charge in [-0.2, -0.15) is 0 Å². The molecule has 0 aliphatic rings. The number of carboxylic acid groups (broad SMARTS) is 1. The van der Waals surface area contributed by atoms with E-state index in [0.29, 0.717) is 0 Å². The molecule has 8 heavy (non-hydrogen) atoms. The van der Waals surface area contributed by atoms with Crippen LogP contribution < -0.4 is 24.8 Å². The fraction of sp³-hybridized carbons (Fsp3) is 0.500. The van der Waals surface area contributed by atoms with E-state index in [1.54, 1.807) is 0 Å². The Morgan fingerprint density at radius 1 is 1.38 bits per heavy atom. The zero-order chi connectivity index (χ0) is 4.28. The SMILES string of the molecule is O=C(O)CO.[Cl-].[Cl-].[Mg+2]. The van der Waals surface area contributed by atoms with E-state index in [2.05, 4.69) is 0 Å². The third-order valence-electron chi connectivity index (χ3n) is 0.135. The first-order chi connectivity index (χ1) is 2.27. The van der Waals surface area contributed by atoms with Crippen LogP contribution in [0.1, 0.15) is 0 Å². The molecule has 0 spiro atoms. The number of hydrogen-bond acceptors (Lipinski definition) is 2. The summed E-state index contributed by atoms with van der Waals surface area (Å²) in [5.74, 6) is -1.19. The second kappa shape index (κ2) is 15.7. The Kier molecular flexibility index (Phi) is 45.5. The van der Waals surface area contributed by atoms with Gasteiger partial charge in [-0.25, -0.2) is 4.79 Å². The molecule has 2 N–H and O–H groups in total. The monoisotopic (exact) mass is 170 g/mol. The number of halogens is 2. The van der Waals surface area contributed by atoms with Crippen LogP contribution in [0.5, 0.6) is 0 Å². The number of aliphatic carboxylic acids is 1. The first-order valence-corrected chi connectivity index (χ1v) is 1.10. The number of aliphatic hydroxyl groups is 1. The van der Waals surface area contributed by atoms with Crippen LogP contribution in [0.15, 0.2) is 0 Å². The normalized spacial score (nSPS) is 4.62. The van der Waals surface area contributed by atoms with Crippen molar-refractivity contribution in [3.05, 3.63) is 0 Å². The van der Waals surface area contributed by atoms with E-state index in [4.69, 9.17) is 15.0 Å². The van der Waals surface area contributed by atoms with Gasteiger partial charge in [0.1, 0.15) is 6.61 Å². The third kappa shape index (κ3) is 29.3. The van der Waals surface area contributed by atoms with Crippen LogP contribution in [0.3, 0.4) is 0 Å². The first kappa shape index (κ1) is 23.3. The molecule has 0 fully saturated rings. The van der Waals surface area contributed by atoms with E-state index in [-0.39, 0.29) is 47.9 Å². The fourth-order valence-corrected chi connectivity index (χ4v) is 0. The maximum atomic E-state index is 9.12. The van der Waals surface area contributed by atoms with E-state index < -0.39 is 12.6 Å². The molecule has 0 aliphatic carbocycles. The summed E-state index contributed by atoms with van der Waals surface area (Å²) >= 11 is 0. The maximum Gasteiger partial charge on any atom is 2.00 e. The second-order valence-corrected chi connectivity index (χ2v) is 0.552. The molecule has 0 aromatic carbocycles. The molecule has 0 saturated carbocycles. The van der Waals surface area contributed by atoms with Crippen molar-refractivity contribution in [1.82, 2.24) is 0 Å². The molecule has 0 radical (unpaired) electrons. The number of rotatable bonds is 1. The van der Waals surface area contributed by atoms with Crippen LogP contribution >= 0.6 is 0 Å². The van der Waals surface area contributed by atoms with Gasteiger partial charge in [-0.1, -0.05) is 0 Å². The Morgan fingerprint density at radius 2 is 1.50 bits per heavy atom. The molecule has 46 valence electrons. The summed E-state index contributed by atoms with van der Waals surface area (Å²) in [6.07, 6.45) is 0. The molecular weight excluding hydrogens is 167 g/mol. The predicted molar refractivity (Wildman–Crippen MR) is 20.5 cm³/mol. The van der Waals surface area contributed by atoms with Crippen molar-refractivity contribution in [2.45, 2.75) is 0 Å². The second-order valence-electron chi connectivity index (χ2n) is 0.552. The van der Waals surface area contributed by atoms with Gasteiger partial charge in [0.25, 0.3) is 0 Å². The minimum Gasteiger partial charge on any atom is -1.00 e. The summed E-state index contributed by atoms with van der Waals surface area (Å²) in [6, 6.07) is 0. The van der Waals surface area contributed by atoms with Crippen molar-refractivity contribution in [1.29, 1.82) is 0 Å². The molecular formula is C2H4Cl2MgO3. The summed E-state index contributed by atoms with van der Waals surface area (Å²) < 4.78 is 0. The van der Waals surface area contributed by atoms with Crippen molar-refractivity contribution in [2.75, 3.05) is 6.61 Å². The standard InChI is InChI=1S/C2H4O3.2ClH.Mg/c3-1-2(4)5;;;/h3H,1H2,(H,4,5);2*1H;/q;;;+2/p-2. The van der Waals surface area contributed by atoms with E-state index in [1.807, 2.05) is 0 Å². The number of carboxylic acids is 1. The minimum atomic E-state index is -1.19. The van der Waals surface area contributed by atoms with Gasteiger partial charge in [-0.3, -0.25) is 0 Å². The molecule has 0 amide bonds. The predicted octanol–water partition coefficient (Wildman–Crippen LogP) is -7.31. The first-order valence-electron chi connectivity index (χ1n) is 1.10. The molecule has 0 heterocycles. The van der Waals surface area contributed by atoms with Gasteiger partial charge in [0.15, 0.2) is 0 Å². The largest absolute Gasteiger partial charge is 2.00 e. The summed E-state index contributed by atoms with van der Waals surface area (Å²) in [5.41, 5.74) is 0. The Bertz CT molecular complexity index is 50.5. The smallest absolute Gasteiger partial charge is 1.00 e. The zero-order valence-corrected chi connectivity index (χ0v) is 6.90. The van der Waals surface area contributed by atoms with E-state index in [1.165, 1.54) is 0 Å². The van der Waals surface area contributed by atoms with Gasteiger partial charge in [-0.05, 0) is 0 Å². The van der Waals surface area contributed by atoms with Crippen molar-refractivity contribution in [3.63, 3.8) is 0 Å². The van der Waals surface area contributed by atoms with Crippen molar-refractivity contribution >= 4 is 29.0 Å². The maximum absolute atomic E-state index is 9.12. The van der Waals surface area contributed by atoms with Gasteiger partial charge >= 0.3 is 29.0 Å². The fourth-order valence-electron chi connectivity index (χ4n) is 0. The van der Waals surface area contributed by atoms with Gasteiger partial charge in [0.2, 0.25) is 0 Å². The van der Waals surface area contributed by atoms with E-state index >= 15 is 0 Å². The van der Waals surface area contributed by atoms with Crippen LogP contribution in [0.25, 0.3) is 0 Å². The van der Waals surface area contributed by atoms with Crippen LogP contribution in [-0.4, -0.2) is 45.8 Å². The van der Waals surface area contributed by atoms with Crippen molar-refractivity contribution in [2.24, 2.45) is 0 Å². The number of carbonyl (C=O) groups is 1. The molecule has 0 rings (SSSR count). The summed E-state index contributed by atoms with van der Waals surface area (Å²) in [4.78, 5) is 9.12. The summed E-state index contributed by atoms with van der Waals surface area (Å²) in [5, 5.41) is 15.0. The van der Waals surface area contributed by atoms with Crippen LogP contribution in [-0.2, 0) is 4.79 Å². The summed E-state index contributed by atoms with van der Waals surface area (Å²) in [7, 11) is 0. The molecule has 0 saturated heterocycles. The molecule has 3 nitrogen and oxygen atoms in total. The van der Waals surface area contributed by atoms with Crippen LogP contribution in [0.4, 0.5) is 0 Å². The molecule has 0 aromatic heterocycles. The topological polar surface area (TPSA) is 57.5 Å². The Hall–Kier alpha value is 0.776. The molecule has 0 bridgehead atoms. The van der Waals surface area contributed by atoms with Crippen LogP contribution in [0, 0.1) is 0 Å².